The lowest BCUT2D eigenvalue weighted by Crippen LogP contribution is -2.69. The average Bonchev–Trinajstić information content (AvgIpc) is 3.87. The largest absolute Gasteiger partial charge is 0.508 e. The molecule has 4 heterocycles. The Hall–Kier alpha value is -6.29. The first-order valence-corrected chi connectivity index (χ1v) is 20.9. The zero-order valence-electron chi connectivity index (χ0n) is 35.4. The molecule has 1 aliphatic rings. The highest BCUT2D eigenvalue weighted by molar-refractivity contribution is 5.95. The van der Waals surface area contributed by atoms with Crippen LogP contribution in [0.2, 0.25) is 0 Å². The Labute approximate surface area is 370 Å². The van der Waals surface area contributed by atoms with Crippen molar-refractivity contribution in [2.75, 3.05) is 26.9 Å². The summed E-state index contributed by atoms with van der Waals surface area (Å²) in [6, 6.07) is 16.6. The zero-order valence-corrected chi connectivity index (χ0v) is 35.4. The number of aryl methyl sites for hydroxylation is 2. The average molecular weight is 902 g/mol. The minimum atomic E-state index is -3.21. The molecule has 7 rings (SSSR count). The number of nitrogens with one attached hydrogen (secondary N) is 2. The Morgan fingerprint density at radius 1 is 0.969 bits per heavy atom. The molecule has 10 N–H and O–H groups in total. The van der Waals surface area contributed by atoms with Gasteiger partial charge in [0.25, 0.3) is 5.79 Å². The van der Waals surface area contributed by atoms with Gasteiger partial charge in [0.15, 0.2) is 17.5 Å². The Balaban J connectivity index is 1.27. The number of aliphatic hydroxyl groups is 6. The van der Waals surface area contributed by atoms with E-state index in [-0.39, 0.29) is 41.1 Å². The third-order valence-electron chi connectivity index (χ3n) is 11.4. The number of carbonyl (C=O) groups excluding carboxylic acids is 1. The van der Waals surface area contributed by atoms with E-state index in [1.165, 1.54) is 48.4 Å². The number of aliphatic hydroxyl groups excluding tert-OH is 5. The molecule has 346 valence electrons. The Kier molecular flexibility index (Phi) is 14.3. The smallest absolute Gasteiger partial charge is 0.324 e. The molecule has 3 aromatic carbocycles. The van der Waals surface area contributed by atoms with Gasteiger partial charge in [-0.15, -0.1) is 0 Å². The standard InChI is InChI=1S/C46H51N3O16/c1-24-17-25(5-3-4-15-50)19-28(18-24)37-36-27(12-14-48-36)21-49(37)65-41-39(55)40(56)42(46(60,23-52)64-44(59)35(43(57)58)33(47-2)13-16-51)63-45(41)62-30-10-11-31-34(20-30)61-22-32(38(31)54)26-6-8-29(53)9-7-26/h6-12,14,17-22,33,35,39-42,45,47-48,50-53,55-56,60H,3-5,13,15-16,23H2,1-2H3,(H,57,58). The Morgan fingerprint density at radius 3 is 2.43 bits per heavy atom. The van der Waals surface area contributed by atoms with Gasteiger partial charge in [-0.05, 0) is 93.2 Å². The number of phenolic OH excluding ortho intramolecular Hbond substituents is 1. The van der Waals surface area contributed by atoms with Crippen LogP contribution >= 0.6 is 0 Å². The number of nitrogens with zero attached hydrogens (tertiary/aromatic N) is 1. The number of ether oxygens (including phenoxy) is 3. The molecule has 1 saturated heterocycles. The number of unbranched alkanes of at least 4 members (excludes halogenated alkanes) is 1. The number of carboxylic acids is 1. The molecule has 0 amide bonds. The van der Waals surface area contributed by atoms with Gasteiger partial charge in [0.1, 0.15) is 47.9 Å². The number of benzene rings is 3. The van der Waals surface area contributed by atoms with Crippen LogP contribution in [-0.4, -0.2) is 132 Å². The van der Waals surface area contributed by atoms with Crippen LogP contribution in [0.5, 0.6) is 11.5 Å². The highest BCUT2D eigenvalue weighted by Crippen LogP contribution is 2.36. The molecule has 65 heavy (non-hydrogen) atoms. The van der Waals surface area contributed by atoms with Gasteiger partial charge in [0.2, 0.25) is 12.4 Å². The molecule has 1 fully saturated rings. The van der Waals surface area contributed by atoms with Crippen LogP contribution in [0.4, 0.5) is 0 Å². The molecule has 1 aliphatic heterocycles. The first kappa shape index (κ1) is 46.7. The lowest BCUT2D eigenvalue weighted by molar-refractivity contribution is -0.356. The number of aromatic amines is 1. The fourth-order valence-electron chi connectivity index (χ4n) is 8.11. The van der Waals surface area contributed by atoms with E-state index in [9.17, 15) is 55.2 Å². The summed E-state index contributed by atoms with van der Waals surface area (Å²) in [4.78, 5) is 49.0. The van der Waals surface area contributed by atoms with Gasteiger partial charge < -0.3 is 74.6 Å². The molecule has 0 radical (unpaired) electrons. The molecular formula is C46H51N3O16. The number of phenols is 1. The predicted molar refractivity (Wildman–Crippen MR) is 232 cm³/mol. The number of fused-ring (bicyclic) bond motifs is 2. The quantitative estimate of drug-likeness (QED) is 0.0241. The zero-order chi connectivity index (χ0) is 46.6. The summed E-state index contributed by atoms with van der Waals surface area (Å²) < 4.78 is 24.8. The van der Waals surface area contributed by atoms with E-state index in [1.54, 1.807) is 30.6 Å². The van der Waals surface area contributed by atoms with Crippen molar-refractivity contribution in [2.45, 2.75) is 75.1 Å². The maximum atomic E-state index is 13.6. The molecular weight excluding hydrogens is 851 g/mol. The van der Waals surface area contributed by atoms with Crippen LogP contribution in [0, 0.1) is 12.8 Å². The van der Waals surface area contributed by atoms with Gasteiger partial charge in [-0.3, -0.25) is 14.4 Å². The van der Waals surface area contributed by atoms with Gasteiger partial charge in [0, 0.05) is 42.5 Å². The number of carboxylic acid groups (broad SMARTS) is 1. The number of H-pyrrole nitrogens is 1. The summed E-state index contributed by atoms with van der Waals surface area (Å²) in [5.41, 5.74) is 4.10. The summed E-state index contributed by atoms with van der Waals surface area (Å²) in [7, 11) is 1.34. The number of carbonyl (C=O) groups is 2. The molecule has 19 heteroatoms. The molecule has 19 nitrogen and oxygen atoms in total. The van der Waals surface area contributed by atoms with Crippen molar-refractivity contribution >= 4 is 33.8 Å². The predicted octanol–water partition coefficient (Wildman–Crippen LogP) is 1.96. The maximum absolute atomic E-state index is 13.6. The SMILES string of the molecule is CNC(CCO)C(C(=O)O)C(=O)OC(O)(CO)C1OC(Oc2ccc3c(=O)c(-c4ccc(O)cc4)coc3c2)C(On2cc3cc[nH]c3c2-c2cc(C)cc(CCCCO)c2)C(O)C1O. The summed E-state index contributed by atoms with van der Waals surface area (Å²) >= 11 is 0. The third-order valence-corrected chi connectivity index (χ3v) is 11.4. The third kappa shape index (κ3) is 9.73. The summed E-state index contributed by atoms with van der Waals surface area (Å²) in [6.07, 6.45) is -3.62. The first-order valence-electron chi connectivity index (χ1n) is 20.9. The van der Waals surface area contributed by atoms with E-state index in [4.69, 9.17) is 23.5 Å². The van der Waals surface area contributed by atoms with Crippen LogP contribution in [-0.2, 0) is 25.5 Å². The van der Waals surface area contributed by atoms with Crippen LogP contribution in [0.3, 0.4) is 0 Å². The summed E-state index contributed by atoms with van der Waals surface area (Å²) in [5, 5.41) is 87.9. The second-order valence-electron chi connectivity index (χ2n) is 15.9. The molecule has 0 spiro atoms. The Morgan fingerprint density at radius 2 is 1.74 bits per heavy atom. The topological polar surface area (TPSA) is 296 Å². The monoisotopic (exact) mass is 901 g/mol. The van der Waals surface area contributed by atoms with Crippen LogP contribution in [0.25, 0.3) is 44.3 Å². The second kappa shape index (κ2) is 19.8. The van der Waals surface area contributed by atoms with Crippen LogP contribution < -0.4 is 20.3 Å². The minimum absolute atomic E-state index is 0.00791. The molecule has 8 unspecified atom stereocenters. The number of esters is 1. The van der Waals surface area contributed by atoms with Crippen molar-refractivity contribution in [3.05, 3.63) is 107 Å². The summed E-state index contributed by atoms with van der Waals surface area (Å²) in [5.74, 6) is -8.52. The molecule has 3 aromatic heterocycles. The van der Waals surface area contributed by atoms with Gasteiger partial charge in [-0.2, -0.15) is 4.73 Å². The highest BCUT2D eigenvalue weighted by atomic mass is 16.8. The van der Waals surface area contributed by atoms with Gasteiger partial charge >= 0.3 is 11.9 Å². The van der Waals surface area contributed by atoms with Gasteiger partial charge in [-0.25, -0.2) is 0 Å². The van der Waals surface area contributed by atoms with Crippen molar-refractivity contribution in [3.8, 4) is 33.9 Å². The number of aromatic hydroxyl groups is 1. The normalized spacial score (nSPS) is 20.6. The van der Waals surface area contributed by atoms with E-state index in [0.717, 1.165) is 17.5 Å². The van der Waals surface area contributed by atoms with Crippen molar-refractivity contribution in [1.29, 1.82) is 0 Å². The van der Waals surface area contributed by atoms with Gasteiger partial charge in [-0.1, -0.05) is 23.8 Å². The highest BCUT2D eigenvalue weighted by Gasteiger charge is 2.58. The molecule has 0 aliphatic carbocycles. The fourth-order valence-corrected chi connectivity index (χ4v) is 8.11. The number of hydrogen-bond donors (Lipinski definition) is 10. The number of hydrogen-bond acceptors (Lipinski definition) is 16. The first-order chi connectivity index (χ1) is 31.2. The number of rotatable bonds is 19. The molecule has 0 bridgehead atoms. The lowest BCUT2D eigenvalue weighted by atomic mass is 9.92. The minimum Gasteiger partial charge on any atom is -0.508 e. The van der Waals surface area contributed by atoms with Crippen molar-refractivity contribution in [1.82, 2.24) is 15.0 Å². The van der Waals surface area contributed by atoms with E-state index in [1.807, 2.05) is 25.1 Å². The van der Waals surface area contributed by atoms with E-state index in [2.05, 4.69) is 10.3 Å². The molecule has 8 atom stereocenters. The summed E-state index contributed by atoms with van der Waals surface area (Å²) in [6.45, 7) is -0.00171. The van der Waals surface area contributed by atoms with Crippen molar-refractivity contribution in [3.63, 3.8) is 0 Å². The Bertz CT molecular complexity index is 2680. The second-order valence-corrected chi connectivity index (χ2v) is 15.9. The van der Waals surface area contributed by atoms with Gasteiger partial charge in [0.05, 0.1) is 22.7 Å². The number of aromatic nitrogens is 2. The van der Waals surface area contributed by atoms with Crippen LogP contribution in [0.15, 0.2) is 94.6 Å². The number of aliphatic carboxylic acids is 1. The lowest BCUT2D eigenvalue weighted by Gasteiger charge is -2.46. The maximum Gasteiger partial charge on any atom is 0.324 e. The molecule has 0 saturated carbocycles. The van der Waals surface area contributed by atoms with Crippen molar-refractivity contribution < 1.29 is 73.9 Å². The van der Waals surface area contributed by atoms with E-state index < -0.39 is 79.0 Å². The van der Waals surface area contributed by atoms with E-state index in [0.29, 0.717) is 40.6 Å². The molecule has 6 aromatic rings. The van der Waals surface area contributed by atoms with Crippen molar-refractivity contribution in [2.24, 2.45) is 5.92 Å². The van der Waals surface area contributed by atoms with E-state index >= 15 is 0 Å². The van der Waals surface area contributed by atoms with Crippen LogP contribution in [0.1, 0.15) is 30.4 Å². The fraction of sp³-hybridized carbons (Fsp3) is 0.370.